The Balaban J connectivity index is 1.37. The Hall–Kier alpha value is -4.54. The number of anilines is 1. The molecule has 1 saturated heterocycles. The zero-order valence-corrected chi connectivity index (χ0v) is 24.9. The number of amides is 1. The van der Waals surface area contributed by atoms with E-state index in [-0.39, 0.29) is 16.3 Å². The SMILES string of the molecule is CCOc1ccc(C2/C(=C(\O)c3ccc(C)c(F)c3)C(=O)C(=O)N2c2nnc(SCc3cccc4ccccc34)s2)cc1. The van der Waals surface area contributed by atoms with Crippen LogP contribution in [0.2, 0.25) is 0 Å². The second-order valence-corrected chi connectivity index (χ2v) is 12.1. The van der Waals surface area contributed by atoms with Gasteiger partial charge < -0.3 is 9.84 Å². The first-order chi connectivity index (χ1) is 20.9. The third-order valence-corrected chi connectivity index (χ3v) is 9.33. The summed E-state index contributed by atoms with van der Waals surface area (Å²) in [6.45, 7) is 3.94. The smallest absolute Gasteiger partial charge is 0.301 e. The molecule has 1 aliphatic rings. The molecule has 1 aromatic heterocycles. The molecule has 0 aliphatic carbocycles. The number of rotatable bonds is 8. The summed E-state index contributed by atoms with van der Waals surface area (Å²) in [5.41, 5.74) is 2.03. The lowest BCUT2D eigenvalue weighted by atomic mass is 9.95. The van der Waals surface area contributed by atoms with Crippen LogP contribution in [-0.2, 0) is 15.3 Å². The molecule has 1 aliphatic heterocycles. The van der Waals surface area contributed by atoms with Gasteiger partial charge in [-0.3, -0.25) is 14.5 Å². The topological polar surface area (TPSA) is 92.6 Å². The molecule has 1 atom stereocenters. The van der Waals surface area contributed by atoms with Crippen LogP contribution in [0.4, 0.5) is 9.52 Å². The zero-order chi connectivity index (χ0) is 30.1. The molecule has 4 aromatic carbocycles. The summed E-state index contributed by atoms with van der Waals surface area (Å²) in [5, 5.41) is 22.4. The summed E-state index contributed by atoms with van der Waals surface area (Å²) in [4.78, 5) is 28.3. The number of aromatic nitrogens is 2. The highest BCUT2D eigenvalue weighted by molar-refractivity contribution is 8.00. The molecule has 1 fully saturated rings. The number of Topliss-reactive ketones (excluding diaryl/α,β-unsaturated/α-hetero) is 1. The third-order valence-electron chi connectivity index (χ3n) is 7.23. The van der Waals surface area contributed by atoms with Gasteiger partial charge in [-0.05, 0) is 59.5 Å². The van der Waals surface area contributed by atoms with Crippen molar-refractivity contribution in [2.75, 3.05) is 11.5 Å². The van der Waals surface area contributed by atoms with Crippen LogP contribution < -0.4 is 9.64 Å². The molecule has 216 valence electrons. The van der Waals surface area contributed by atoms with E-state index in [0.29, 0.717) is 33.6 Å². The van der Waals surface area contributed by atoms with Crippen molar-refractivity contribution in [3.05, 3.63) is 119 Å². The third kappa shape index (κ3) is 5.51. The molecule has 0 bridgehead atoms. The van der Waals surface area contributed by atoms with E-state index in [4.69, 9.17) is 4.74 Å². The van der Waals surface area contributed by atoms with Crippen LogP contribution in [0.1, 0.15) is 35.2 Å². The van der Waals surface area contributed by atoms with Gasteiger partial charge in [0.05, 0.1) is 18.2 Å². The van der Waals surface area contributed by atoms with Crippen LogP contribution in [-0.4, -0.2) is 33.6 Å². The average Bonchev–Trinajstić information content (AvgIpc) is 3.59. The molecule has 0 spiro atoms. The van der Waals surface area contributed by atoms with E-state index < -0.39 is 29.3 Å². The minimum Gasteiger partial charge on any atom is -0.507 e. The maximum atomic E-state index is 14.4. The number of fused-ring (bicyclic) bond motifs is 1. The Labute approximate surface area is 255 Å². The standard InChI is InChI=1S/C33H26FN3O4S2/c1-3-41-24-15-13-21(14-16-24)28-27(29(38)22-12-11-19(2)26(34)17-22)30(39)31(40)37(28)32-35-36-33(43-32)42-18-23-9-6-8-20-7-4-5-10-25(20)23/h4-17,28,38H,3,18H2,1-2H3/b29-27+. The van der Waals surface area contributed by atoms with Gasteiger partial charge in [-0.1, -0.05) is 89.8 Å². The number of carbonyl (C=O) groups is 2. The molecule has 5 aromatic rings. The van der Waals surface area contributed by atoms with Gasteiger partial charge in [0, 0.05) is 11.3 Å². The molecule has 6 rings (SSSR count). The van der Waals surface area contributed by atoms with E-state index in [1.165, 1.54) is 40.1 Å². The Kier molecular flexibility index (Phi) is 7.96. The molecule has 1 unspecified atom stereocenters. The van der Waals surface area contributed by atoms with Gasteiger partial charge >= 0.3 is 5.91 Å². The number of ether oxygens (including phenoxy) is 1. The molecule has 1 amide bonds. The normalized spacial score (nSPS) is 16.3. The Morgan fingerprint density at radius 2 is 1.79 bits per heavy atom. The number of nitrogens with zero attached hydrogens (tertiary/aromatic N) is 3. The summed E-state index contributed by atoms with van der Waals surface area (Å²) >= 11 is 2.67. The Bertz CT molecular complexity index is 1880. The van der Waals surface area contributed by atoms with Crippen LogP contribution >= 0.6 is 23.1 Å². The summed E-state index contributed by atoms with van der Waals surface area (Å²) in [5.74, 6) is -1.49. The Morgan fingerprint density at radius 3 is 2.56 bits per heavy atom. The molecular weight excluding hydrogens is 586 g/mol. The van der Waals surface area contributed by atoms with Crippen LogP contribution in [0.5, 0.6) is 5.75 Å². The zero-order valence-electron chi connectivity index (χ0n) is 23.3. The van der Waals surface area contributed by atoms with Gasteiger partial charge in [-0.25, -0.2) is 4.39 Å². The monoisotopic (exact) mass is 611 g/mol. The first-order valence-electron chi connectivity index (χ1n) is 13.6. The maximum Gasteiger partial charge on any atom is 0.301 e. The highest BCUT2D eigenvalue weighted by Gasteiger charge is 2.48. The van der Waals surface area contributed by atoms with E-state index in [1.807, 2.05) is 25.1 Å². The minimum absolute atomic E-state index is 0.0978. The maximum absolute atomic E-state index is 14.4. The lowest BCUT2D eigenvalue weighted by molar-refractivity contribution is -0.132. The van der Waals surface area contributed by atoms with Crippen molar-refractivity contribution in [1.82, 2.24) is 10.2 Å². The van der Waals surface area contributed by atoms with Crippen LogP contribution in [0, 0.1) is 12.7 Å². The van der Waals surface area contributed by atoms with Crippen molar-refractivity contribution in [3.63, 3.8) is 0 Å². The molecule has 2 heterocycles. The molecular formula is C33H26FN3O4S2. The molecule has 0 radical (unpaired) electrons. The van der Waals surface area contributed by atoms with E-state index in [9.17, 15) is 19.1 Å². The fraction of sp³-hybridized carbons (Fsp3) is 0.152. The van der Waals surface area contributed by atoms with Gasteiger partial charge in [0.15, 0.2) is 4.34 Å². The highest BCUT2D eigenvalue weighted by Crippen LogP contribution is 2.44. The van der Waals surface area contributed by atoms with Crippen LogP contribution in [0.25, 0.3) is 16.5 Å². The van der Waals surface area contributed by atoms with Gasteiger partial charge in [-0.2, -0.15) is 0 Å². The van der Waals surface area contributed by atoms with Gasteiger partial charge in [0.2, 0.25) is 5.13 Å². The Morgan fingerprint density at radius 1 is 1.02 bits per heavy atom. The lowest BCUT2D eigenvalue weighted by Crippen LogP contribution is -2.29. The van der Waals surface area contributed by atoms with Crippen LogP contribution in [0.3, 0.4) is 0 Å². The molecule has 1 N–H and O–H groups in total. The number of thioether (sulfide) groups is 1. The van der Waals surface area contributed by atoms with Crippen molar-refractivity contribution in [2.24, 2.45) is 0 Å². The fourth-order valence-electron chi connectivity index (χ4n) is 5.07. The van der Waals surface area contributed by atoms with E-state index in [0.717, 1.165) is 22.4 Å². The van der Waals surface area contributed by atoms with Crippen molar-refractivity contribution in [1.29, 1.82) is 0 Å². The van der Waals surface area contributed by atoms with Crippen molar-refractivity contribution >= 4 is 56.5 Å². The number of aryl methyl sites for hydroxylation is 1. The number of carbonyl (C=O) groups excluding carboxylic acids is 2. The predicted molar refractivity (Wildman–Crippen MR) is 167 cm³/mol. The number of aliphatic hydroxyl groups is 1. The lowest BCUT2D eigenvalue weighted by Gasteiger charge is -2.22. The van der Waals surface area contributed by atoms with E-state index in [2.05, 4.69) is 34.5 Å². The number of hydrogen-bond acceptors (Lipinski definition) is 8. The van der Waals surface area contributed by atoms with E-state index >= 15 is 0 Å². The number of hydrogen-bond donors (Lipinski definition) is 1. The van der Waals surface area contributed by atoms with Gasteiger partial charge in [0.1, 0.15) is 17.3 Å². The number of aliphatic hydroxyl groups excluding tert-OH is 1. The molecule has 10 heteroatoms. The summed E-state index contributed by atoms with van der Waals surface area (Å²) in [7, 11) is 0. The second-order valence-electron chi connectivity index (χ2n) is 9.91. The molecule has 7 nitrogen and oxygen atoms in total. The van der Waals surface area contributed by atoms with Gasteiger partial charge in [0.25, 0.3) is 5.78 Å². The van der Waals surface area contributed by atoms with Crippen molar-refractivity contribution < 1.29 is 23.8 Å². The minimum atomic E-state index is -1.01. The molecule has 43 heavy (non-hydrogen) atoms. The number of benzene rings is 4. The number of ketones is 1. The largest absolute Gasteiger partial charge is 0.507 e. The fourth-order valence-corrected chi connectivity index (χ4v) is 6.94. The molecule has 0 saturated carbocycles. The summed E-state index contributed by atoms with van der Waals surface area (Å²) in [6, 6.07) is 24.4. The van der Waals surface area contributed by atoms with E-state index in [1.54, 1.807) is 31.2 Å². The summed E-state index contributed by atoms with van der Waals surface area (Å²) in [6.07, 6.45) is 0. The van der Waals surface area contributed by atoms with Crippen LogP contribution in [0.15, 0.2) is 94.8 Å². The quantitative estimate of drug-likeness (QED) is 0.0640. The first-order valence-corrected chi connectivity index (χ1v) is 15.4. The predicted octanol–water partition coefficient (Wildman–Crippen LogP) is 7.46. The number of halogens is 1. The summed E-state index contributed by atoms with van der Waals surface area (Å²) < 4.78 is 20.6. The van der Waals surface area contributed by atoms with Crippen molar-refractivity contribution in [2.45, 2.75) is 30.0 Å². The first kappa shape index (κ1) is 28.6. The van der Waals surface area contributed by atoms with Gasteiger partial charge in [-0.15, -0.1) is 10.2 Å². The highest BCUT2D eigenvalue weighted by atomic mass is 32.2. The average molecular weight is 612 g/mol. The van der Waals surface area contributed by atoms with Crippen molar-refractivity contribution in [3.8, 4) is 5.75 Å². The second kappa shape index (κ2) is 12.0.